The summed E-state index contributed by atoms with van der Waals surface area (Å²) in [5.41, 5.74) is 2.94. The van der Waals surface area contributed by atoms with Crippen LogP contribution in [0.3, 0.4) is 0 Å². The molecule has 3 aromatic carbocycles. The summed E-state index contributed by atoms with van der Waals surface area (Å²) in [7, 11) is 1.53. The van der Waals surface area contributed by atoms with Crippen LogP contribution in [0.5, 0.6) is 0 Å². The van der Waals surface area contributed by atoms with Gasteiger partial charge in [0, 0.05) is 29.6 Å². The summed E-state index contributed by atoms with van der Waals surface area (Å²) in [4.78, 5) is 38.5. The van der Waals surface area contributed by atoms with Gasteiger partial charge in [-0.1, -0.05) is 77.8 Å². The number of nitrogens with zero attached hydrogens (tertiary/aromatic N) is 1. The number of amides is 1. The summed E-state index contributed by atoms with van der Waals surface area (Å²) >= 11 is 6.11. The molecule has 0 saturated heterocycles. The molecule has 0 aliphatic rings. The Labute approximate surface area is 201 Å². The number of carbonyl (C=O) groups is 2. The van der Waals surface area contributed by atoms with Crippen molar-refractivity contribution in [1.82, 2.24) is 9.88 Å². The zero-order valence-corrected chi connectivity index (χ0v) is 19.6. The standard InChI is InChI=1S/C27H23ClN2O4/c1-17-11-13-18(14-12-17)24-20-8-4-5-9-21(20)26(32)30(2)25(24)27(33)34-16-23(31)29-15-19-7-3-6-10-22(19)28/h3-14H,15-16H2,1-2H3,(H,29,31). The van der Waals surface area contributed by atoms with Gasteiger partial charge in [0.1, 0.15) is 5.69 Å². The number of fused-ring (bicyclic) bond motifs is 1. The second-order valence-electron chi connectivity index (χ2n) is 7.94. The second-order valence-corrected chi connectivity index (χ2v) is 8.35. The van der Waals surface area contributed by atoms with Crippen LogP contribution >= 0.6 is 11.6 Å². The van der Waals surface area contributed by atoms with E-state index >= 15 is 0 Å². The molecule has 34 heavy (non-hydrogen) atoms. The Balaban J connectivity index is 1.63. The van der Waals surface area contributed by atoms with Crippen molar-refractivity contribution in [2.75, 3.05) is 6.61 Å². The van der Waals surface area contributed by atoms with Crippen LogP contribution in [0, 0.1) is 6.92 Å². The molecule has 0 aliphatic carbocycles. The van der Waals surface area contributed by atoms with Crippen LogP contribution in [-0.4, -0.2) is 23.1 Å². The first-order valence-electron chi connectivity index (χ1n) is 10.7. The van der Waals surface area contributed by atoms with Gasteiger partial charge >= 0.3 is 5.97 Å². The Morgan fingerprint density at radius 1 is 0.941 bits per heavy atom. The molecule has 4 aromatic rings. The van der Waals surface area contributed by atoms with E-state index < -0.39 is 18.5 Å². The molecular formula is C27H23ClN2O4. The average molecular weight is 475 g/mol. The monoisotopic (exact) mass is 474 g/mol. The van der Waals surface area contributed by atoms with Crippen molar-refractivity contribution in [2.45, 2.75) is 13.5 Å². The Hall–Kier alpha value is -3.90. The average Bonchev–Trinajstić information content (AvgIpc) is 2.84. The van der Waals surface area contributed by atoms with E-state index in [0.29, 0.717) is 21.4 Å². The quantitative estimate of drug-likeness (QED) is 0.413. The number of aryl methyl sites for hydroxylation is 1. The third-order valence-electron chi connectivity index (χ3n) is 5.61. The zero-order chi connectivity index (χ0) is 24.2. The highest BCUT2D eigenvalue weighted by atomic mass is 35.5. The van der Waals surface area contributed by atoms with Crippen LogP contribution < -0.4 is 10.9 Å². The molecule has 1 aromatic heterocycles. The molecule has 1 amide bonds. The van der Waals surface area contributed by atoms with Crippen molar-refractivity contribution in [3.63, 3.8) is 0 Å². The molecule has 0 aliphatic heterocycles. The molecule has 1 heterocycles. The molecule has 0 bridgehead atoms. The number of nitrogens with one attached hydrogen (secondary N) is 1. The number of hydrogen-bond acceptors (Lipinski definition) is 4. The van der Waals surface area contributed by atoms with E-state index in [1.54, 1.807) is 36.4 Å². The second kappa shape index (κ2) is 9.93. The molecule has 4 rings (SSSR count). The zero-order valence-electron chi connectivity index (χ0n) is 18.8. The van der Waals surface area contributed by atoms with E-state index in [1.807, 2.05) is 43.3 Å². The topological polar surface area (TPSA) is 77.4 Å². The lowest BCUT2D eigenvalue weighted by Crippen LogP contribution is -2.31. The molecule has 0 saturated carbocycles. The molecule has 0 radical (unpaired) electrons. The van der Waals surface area contributed by atoms with Gasteiger partial charge in [0.25, 0.3) is 11.5 Å². The number of rotatable bonds is 6. The van der Waals surface area contributed by atoms with Gasteiger partial charge in [-0.3, -0.25) is 9.59 Å². The van der Waals surface area contributed by atoms with Crippen molar-refractivity contribution >= 4 is 34.2 Å². The lowest BCUT2D eigenvalue weighted by Gasteiger charge is -2.17. The number of hydrogen-bond donors (Lipinski definition) is 1. The fourth-order valence-corrected chi connectivity index (χ4v) is 4.01. The van der Waals surface area contributed by atoms with Crippen molar-refractivity contribution in [3.8, 4) is 11.1 Å². The molecule has 7 heteroatoms. The van der Waals surface area contributed by atoms with Crippen molar-refractivity contribution in [1.29, 1.82) is 0 Å². The lowest BCUT2D eigenvalue weighted by molar-refractivity contribution is -0.124. The van der Waals surface area contributed by atoms with Gasteiger partial charge in [-0.2, -0.15) is 0 Å². The van der Waals surface area contributed by atoms with E-state index in [0.717, 1.165) is 16.7 Å². The van der Waals surface area contributed by atoms with Crippen LogP contribution in [-0.2, 0) is 23.1 Å². The van der Waals surface area contributed by atoms with E-state index in [1.165, 1.54) is 11.6 Å². The SMILES string of the molecule is Cc1ccc(-c2c(C(=O)OCC(=O)NCc3ccccc3Cl)n(C)c(=O)c3ccccc23)cc1. The van der Waals surface area contributed by atoms with Crippen molar-refractivity contribution in [3.05, 3.63) is 105 Å². The first kappa shape index (κ1) is 23.3. The van der Waals surface area contributed by atoms with Gasteiger partial charge in [-0.05, 0) is 35.6 Å². The van der Waals surface area contributed by atoms with Gasteiger partial charge in [0.15, 0.2) is 6.61 Å². The number of carbonyl (C=O) groups excluding carboxylic acids is 2. The Bertz CT molecular complexity index is 1440. The molecule has 172 valence electrons. The molecular weight excluding hydrogens is 452 g/mol. The minimum Gasteiger partial charge on any atom is -0.451 e. The number of esters is 1. The fraction of sp³-hybridized carbons (Fsp3) is 0.148. The normalized spacial score (nSPS) is 10.8. The summed E-state index contributed by atoms with van der Waals surface area (Å²) in [6.07, 6.45) is 0. The summed E-state index contributed by atoms with van der Waals surface area (Å²) in [5.74, 6) is -1.23. The van der Waals surface area contributed by atoms with Gasteiger partial charge in [-0.15, -0.1) is 0 Å². The Morgan fingerprint density at radius 3 is 2.29 bits per heavy atom. The van der Waals surface area contributed by atoms with Gasteiger partial charge in [0.05, 0.1) is 0 Å². The van der Waals surface area contributed by atoms with E-state index in [9.17, 15) is 14.4 Å². The highest BCUT2D eigenvalue weighted by molar-refractivity contribution is 6.31. The molecule has 1 N–H and O–H groups in total. The fourth-order valence-electron chi connectivity index (χ4n) is 3.80. The first-order valence-corrected chi connectivity index (χ1v) is 11.1. The van der Waals surface area contributed by atoms with Gasteiger partial charge in [0.2, 0.25) is 0 Å². The number of halogens is 1. The smallest absolute Gasteiger partial charge is 0.356 e. The Morgan fingerprint density at radius 2 is 1.59 bits per heavy atom. The molecule has 0 fully saturated rings. The maximum Gasteiger partial charge on any atom is 0.356 e. The van der Waals surface area contributed by atoms with Crippen LogP contribution in [0.25, 0.3) is 21.9 Å². The number of benzene rings is 3. The minimum absolute atomic E-state index is 0.0893. The minimum atomic E-state index is -0.756. The third-order valence-corrected chi connectivity index (χ3v) is 5.97. The number of aromatic nitrogens is 1. The number of pyridine rings is 1. The third kappa shape index (κ3) is 4.72. The lowest BCUT2D eigenvalue weighted by atomic mass is 9.96. The maximum absolute atomic E-state index is 13.2. The summed E-state index contributed by atoms with van der Waals surface area (Å²) in [6.45, 7) is 1.69. The van der Waals surface area contributed by atoms with E-state index in [2.05, 4.69) is 5.32 Å². The van der Waals surface area contributed by atoms with Crippen molar-refractivity contribution in [2.24, 2.45) is 7.05 Å². The first-order chi connectivity index (χ1) is 16.4. The molecule has 0 spiro atoms. The highest BCUT2D eigenvalue weighted by Crippen LogP contribution is 2.31. The van der Waals surface area contributed by atoms with Crippen LogP contribution in [0.2, 0.25) is 5.02 Å². The Kier molecular flexibility index (Phi) is 6.80. The maximum atomic E-state index is 13.2. The van der Waals surface area contributed by atoms with Crippen LogP contribution in [0.15, 0.2) is 77.6 Å². The molecule has 6 nitrogen and oxygen atoms in total. The molecule has 0 unspecified atom stereocenters. The van der Waals surface area contributed by atoms with Crippen LogP contribution in [0.4, 0.5) is 0 Å². The van der Waals surface area contributed by atoms with Crippen LogP contribution in [0.1, 0.15) is 21.6 Å². The summed E-state index contributed by atoms with van der Waals surface area (Å²) in [5, 5.41) is 4.36. The highest BCUT2D eigenvalue weighted by Gasteiger charge is 2.23. The number of ether oxygens (including phenoxy) is 1. The van der Waals surface area contributed by atoms with Gasteiger partial charge < -0.3 is 14.6 Å². The van der Waals surface area contributed by atoms with Gasteiger partial charge in [-0.25, -0.2) is 4.79 Å². The summed E-state index contributed by atoms with van der Waals surface area (Å²) < 4.78 is 6.61. The largest absolute Gasteiger partial charge is 0.451 e. The predicted octanol–water partition coefficient (Wildman–Crippen LogP) is 4.64. The predicted molar refractivity (Wildman–Crippen MR) is 133 cm³/mol. The molecule has 0 atom stereocenters. The van der Waals surface area contributed by atoms with Crippen molar-refractivity contribution < 1.29 is 14.3 Å². The van der Waals surface area contributed by atoms with E-state index in [-0.39, 0.29) is 17.8 Å². The van der Waals surface area contributed by atoms with E-state index in [4.69, 9.17) is 16.3 Å². The summed E-state index contributed by atoms with van der Waals surface area (Å²) in [6, 6.07) is 22.0.